The van der Waals surface area contributed by atoms with Gasteiger partial charge in [0.25, 0.3) is 0 Å². The molecule has 4 nitrogen and oxygen atoms in total. The van der Waals surface area contributed by atoms with Crippen LogP contribution in [0, 0.1) is 6.92 Å². The minimum absolute atomic E-state index is 0.430. The molecule has 1 aromatic heterocycles. The van der Waals surface area contributed by atoms with Crippen molar-refractivity contribution in [3.8, 4) is 0 Å². The number of nitrogens with one attached hydrogen (secondary N) is 1. The summed E-state index contributed by atoms with van der Waals surface area (Å²) in [6.07, 6.45) is 2.88. The smallest absolute Gasteiger partial charge is 0.104 e. The van der Waals surface area contributed by atoms with Gasteiger partial charge in [-0.3, -0.25) is 4.68 Å². The fourth-order valence-corrected chi connectivity index (χ4v) is 2.30. The van der Waals surface area contributed by atoms with Gasteiger partial charge in [0.1, 0.15) is 4.99 Å². The topological polar surface area (TPSA) is 55.9 Å². The Labute approximate surface area is 118 Å². The van der Waals surface area contributed by atoms with E-state index in [9.17, 15) is 0 Å². The zero-order valence-corrected chi connectivity index (χ0v) is 12.2. The van der Waals surface area contributed by atoms with Crippen LogP contribution in [0.3, 0.4) is 0 Å². The molecule has 5 heteroatoms. The van der Waals surface area contributed by atoms with Crippen LogP contribution >= 0.6 is 12.2 Å². The number of aromatic nitrogens is 2. The molecule has 3 N–H and O–H groups in total. The van der Waals surface area contributed by atoms with E-state index in [2.05, 4.69) is 17.3 Å². The summed E-state index contributed by atoms with van der Waals surface area (Å²) in [4.78, 5) is 0.430. The number of rotatable bonds is 4. The lowest BCUT2D eigenvalue weighted by atomic mass is 10.1. The Hall–Kier alpha value is -1.88. The van der Waals surface area contributed by atoms with E-state index in [4.69, 9.17) is 18.0 Å². The second-order valence-electron chi connectivity index (χ2n) is 4.54. The minimum atomic E-state index is 0.430. The molecule has 1 heterocycles. The maximum Gasteiger partial charge on any atom is 0.104 e. The molecule has 0 aliphatic carbocycles. The Morgan fingerprint density at radius 3 is 2.79 bits per heavy atom. The van der Waals surface area contributed by atoms with Crippen LogP contribution in [0.2, 0.25) is 0 Å². The quantitative estimate of drug-likeness (QED) is 0.842. The molecule has 0 unspecified atom stereocenters. The zero-order valence-electron chi connectivity index (χ0n) is 11.4. The summed E-state index contributed by atoms with van der Waals surface area (Å²) in [5.41, 5.74) is 10.8. The Bertz CT molecular complexity index is 616. The maximum absolute atomic E-state index is 5.66. The van der Waals surface area contributed by atoms with E-state index in [0.29, 0.717) is 4.99 Å². The van der Waals surface area contributed by atoms with Gasteiger partial charge in [-0.1, -0.05) is 19.1 Å². The van der Waals surface area contributed by atoms with E-state index in [1.165, 1.54) is 0 Å². The molecule has 0 aliphatic heterocycles. The monoisotopic (exact) mass is 274 g/mol. The van der Waals surface area contributed by atoms with Gasteiger partial charge in [-0.05, 0) is 37.1 Å². The van der Waals surface area contributed by atoms with Gasteiger partial charge in [-0.2, -0.15) is 5.10 Å². The molecule has 0 atom stereocenters. The van der Waals surface area contributed by atoms with Crippen molar-refractivity contribution in [2.45, 2.75) is 20.3 Å². The third-order valence-corrected chi connectivity index (χ3v) is 3.23. The van der Waals surface area contributed by atoms with E-state index in [0.717, 1.165) is 34.6 Å². The molecule has 0 aliphatic rings. The van der Waals surface area contributed by atoms with Crippen molar-refractivity contribution in [1.82, 2.24) is 9.78 Å². The highest BCUT2D eigenvalue weighted by Gasteiger charge is 2.07. The Kier molecular flexibility index (Phi) is 3.85. The zero-order chi connectivity index (χ0) is 14.0. The fraction of sp³-hybridized carbons (Fsp3) is 0.286. The maximum atomic E-state index is 5.66. The highest BCUT2D eigenvalue weighted by atomic mass is 32.1. The van der Waals surface area contributed by atoms with Crippen LogP contribution in [0.1, 0.15) is 23.7 Å². The van der Waals surface area contributed by atoms with Gasteiger partial charge < -0.3 is 11.1 Å². The predicted molar refractivity (Wildman–Crippen MR) is 82.9 cm³/mol. The summed E-state index contributed by atoms with van der Waals surface area (Å²) < 4.78 is 1.82. The van der Waals surface area contributed by atoms with Gasteiger partial charge in [0.15, 0.2) is 0 Å². The Morgan fingerprint density at radius 2 is 2.21 bits per heavy atom. The van der Waals surface area contributed by atoms with Crippen LogP contribution < -0.4 is 11.1 Å². The normalized spacial score (nSPS) is 10.5. The SMILES string of the molecule is CCc1nn(C)cc1Nc1ccc(C(N)=S)c(C)c1. The summed E-state index contributed by atoms with van der Waals surface area (Å²) >= 11 is 5.01. The molecular weight excluding hydrogens is 256 g/mol. The molecule has 0 spiro atoms. The standard InChI is InChI=1S/C14H18N4S/c1-4-12-13(8-18(3)17-12)16-10-5-6-11(14(15)19)9(2)7-10/h5-8,16H,4H2,1-3H3,(H2,15,19). The lowest BCUT2D eigenvalue weighted by Crippen LogP contribution is -2.11. The van der Waals surface area contributed by atoms with Gasteiger partial charge in [-0.25, -0.2) is 0 Å². The molecule has 19 heavy (non-hydrogen) atoms. The molecule has 0 radical (unpaired) electrons. The summed E-state index contributed by atoms with van der Waals surface area (Å²) in [5, 5.41) is 7.79. The number of benzene rings is 1. The highest BCUT2D eigenvalue weighted by molar-refractivity contribution is 7.80. The van der Waals surface area contributed by atoms with Gasteiger partial charge in [-0.15, -0.1) is 0 Å². The van der Waals surface area contributed by atoms with Crippen LogP contribution in [0.4, 0.5) is 11.4 Å². The number of aryl methyl sites for hydroxylation is 3. The minimum Gasteiger partial charge on any atom is -0.389 e. The molecule has 100 valence electrons. The first kappa shape index (κ1) is 13.5. The van der Waals surface area contributed by atoms with Crippen molar-refractivity contribution in [1.29, 1.82) is 0 Å². The van der Waals surface area contributed by atoms with E-state index in [-0.39, 0.29) is 0 Å². The van der Waals surface area contributed by atoms with E-state index < -0.39 is 0 Å². The van der Waals surface area contributed by atoms with Gasteiger partial charge >= 0.3 is 0 Å². The summed E-state index contributed by atoms with van der Waals surface area (Å²) in [5.74, 6) is 0. The van der Waals surface area contributed by atoms with E-state index in [1.54, 1.807) is 0 Å². The van der Waals surface area contributed by atoms with E-state index >= 15 is 0 Å². The van der Waals surface area contributed by atoms with Crippen molar-refractivity contribution < 1.29 is 0 Å². The Morgan fingerprint density at radius 1 is 1.47 bits per heavy atom. The van der Waals surface area contributed by atoms with Crippen molar-refractivity contribution in [2.75, 3.05) is 5.32 Å². The molecule has 2 rings (SSSR count). The van der Waals surface area contributed by atoms with Crippen molar-refractivity contribution in [3.05, 3.63) is 41.2 Å². The Balaban J connectivity index is 2.28. The summed E-state index contributed by atoms with van der Waals surface area (Å²) in [6.45, 7) is 4.10. The summed E-state index contributed by atoms with van der Waals surface area (Å²) in [7, 11) is 1.92. The molecular formula is C14H18N4S. The molecule has 2 aromatic rings. The third kappa shape index (κ3) is 2.93. The van der Waals surface area contributed by atoms with Crippen molar-refractivity contribution >= 4 is 28.6 Å². The number of anilines is 2. The van der Waals surface area contributed by atoms with Gasteiger partial charge in [0.2, 0.25) is 0 Å². The largest absolute Gasteiger partial charge is 0.389 e. The van der Waals surface area contributed by atoms with Crippen molar-refractivity contribution in [3.63, 3.8) is 0 Å². The van der Waals surface area contributed by atoms with Crippen LogP contribution in [0.25, 0.3) is 0 Å². The second kappa shape index (κ2) is 5.40. The van der Waals surface area contributed by atoms with Crippen molar-refractivity contribution in [2.24, 2.45) is 12.8 Å². The fourth-order valence-electron chi connectivity index (χ4n) is 2.07. The number of hydrogen-bond donors (Lipinski definition) is 2. The van der Waals surface area contributed by atoms with Crippen LogP contribution in [0.15, 0.2) is 24.4 Å². The molecule has 0 saturated carbocycles. The third-order valence-electron chi connectivity index (χ3n) is 3.01. The predicted octanol–water partition coefficient (Wildman–Crippen LogP) is 2.67. The first-order chi connectivity index (χ1) is 9.01. The molecule has 0 saturated heterocycles. The average molecular weight is 274 g/mol. The summed E-state index contributed by atoms with van der Waals surface area (Å²) in [6, 6.07) is 5.97. The number of nitrogens with zero attached hydrogens (tertiary/aromatic N) is 2. The average Bonchev–Trinajstić information content (AvgIpc) is 2.69. The van der Waals surface area contributed by atoms with Crippen LogP contribution in [0.5, 0.6) is 0 Å². The number of thiocarbonyl (C=S) groups is 1. The van der Waals surface area contributed by atoms with Crippen LogP contribution in [-0.4, -0.2) is 14.8 Å². The van der Waals surface area contributed by atoms with Crippen LogP contribution in [-0.2, 0) is 13.5 Å². The van der Waals surface area contributed by atoms with Gasteiger partial charge in [0.05, 0.1) is 11.4 Å². The first-order valence-electron chi connectivity index (χ1n) is 6.21. The second-order valence-corrected chi connectivity index (χ2v) is 4.98. The lowest BCUT2D eigenvalue weighted by molar-refractivity contribution is 0.746. The number of hydrogen-bond acceptors (Lipinski definition) is 3. The van der Waals surface area contributed by atoms with E-state index in [1.807, 2.05) is 43.0 Å². The molecule has 0 bridgehead atoms. The number of nitrogens with two attached hydrogens (primary N) is 1. The first-order valence-corrected chi connectivity index (χ1v) is 6.62. The van der Waals surface area contributed by atoms with Gasteiger partial charge in [0, 0.05) is 24.5 Å². The molecule has 1 aromatic carbocycles. The lowest BCUT2D eigenvalue weighted by Gasteiger charge is -2.09. The molecule has 0 fully saturated rings. The molecule has 0 amide bonds. The highest BCUT2D eigenvalue weighted by Crippen LogP contribution is 2.22.